The lowest BCUT2D eigenvalue weighted by Gasteiger charge is -1.97. The summed E-state index contributed by atoms with van der Waals surface area (Å²) in [5.41, 5.74) is 6.07. The van der Waals surface area contributed by atoms with E-state index in [0.29, 0.717) is 18.2 Å². The van der Waals surface area contributed by atoms with Gasteiger partial charge < -0.3 is 11.1 Å². The van der Waals surface area contributed by atoms with Crippen molar-refractivity contribution >= 4 is 23.3 Å². The highest BCUT2D eigenvalue weighted by Gasteiger charge is 2.02. The highest BCUT2D eigenvalue weighted by molar-refractivity contribution is 6.99. The number of nitrogens with two attached hydrogens (primary N) is 1. The fourth-order valence-corrected chi connectivity index (χ4v) is 1.33. The molecular formula is C5H9ClN4S. The van der Waals surface area contributed by atoms with E-state index in [2.05, 4.69) is 14.1 Å². The molecule has 0 atom stereocenters. The van der Waals surface area contributed by atoms with Gasteiger partial charge in [-0.15, -0.1) is 0 Å². The fourth-order valence-electron chi connectivity index (χ4n) is 0.610. The number of nitrogens with one attached hydrogen (secondary N) is 1. The number of hydrogen-bond acceptors (Lipinski definition) is 5. The van der Waals surface area contributed by atoms with Crippen molar-refractivity contribution in [2.75, 3.05) is 13.1 Å². The first-order valence-corrected chi connectivity index (χ1v) is 4.33. The van der Waals surface area contributed by atoms with Gasteiger partial charge in [-0.05, 0) is 0 Å². The predicted molar refractivity (Wildman–Crippen MR) is 45.7 cm³/mol. The Morgan fingerprint density at radius 2 is 2.36 bits per heavy atom. The van der Waals surface area contributed by atoms with Crippen molar-refractivity contribution in [2.24, 2.45) is 5.73 Å². The number of aromatic nitrogens is 2. The molecule has 11 heavy (non-hydrogen) atoms. The van der Waals surface area contributed by atoms with Crippen LogP contribution in [0.3, 0.4) is 0 Å². The van der Waals surface area contributed by atoms with Crippen LogP contribution in [0.1, 0.15) is 5.69 Å². The van der Waals surface area contributed by atoms with Crippen molar-refractivity contribution in [1.82, 2.24) is 14.1 Å². The van der Waals surface area contributed by atoms with Gasteiger partial charge in [0.15, 0.2) is 5.15 Å². The van der Waals surface area contributed by atoms with Crippen molar-refractivity contribution in [3.05, 3.63) is 10.8 Å². The van der Waals surface area contributed by atoms with Crippen LogP contribution >= 0.6 is 23.3 Å². The molecule has 0 aliphatic rings. The molecule has 1 aromatic rings. The molecule has 6 heteroatoms. The lowest BCUT2D eigenvalue weighted by molar-refractivity contribution is 0.686. The van der Waals surface area contributed by atoms with E-state index in [9.17, 15) is 0 Å². The van der Waals surface area contributed by atoms with Gasteiger partial charge in [0.2, 0.25) is 0 Å². The van der Waals surface area contributed by atoms with E-state index in [0.717, 1.165) is 24.0 Å². The molecule has 0 saturated carbocycles. The fraction of sp³-hybridized carbons (Fsp3) is 0.600. The summed E-state index contributed by atoms with van der Waals surface area (Å²) in [6, 6.07) is 0. The normalized spacial score (nSPS) is 10.4. The maximum atomic E-state index is 5.68. The van der Waals surface area contributed by atoms with E-state index in [1.165, 1.54) is 0 Å². The Morgan fingerprint density at radius 3 is 2.91 bits per heavy atom. The van der Waals surface area contributed by atoms with Gasteiger partial charge in [-0.3, -0.25) is 0 Å². The van der Waals surface area contributed by atoms with Crippen molar-refractivity contribution in [2.45, 2.75) is 6.54 Å². The molecule has 0 spiro atoms. The van der Waals surface area contributed by atoms with Crippen LogP contribution in [0.5, 0.6) is 0 Å². The number of nitrogens with zero attached hydrogens (tertiary/aromatic N) is 2. The highest BCUT2D eigenvalue weighted by Crippen LogP contribution is 2.10. The summed E-state index contributed by atoms with van der Waals surface area (Å²) in [5.74, 6) is 0. The first kappa shape index (κ1) is 8.86. The Hall–Kier alpha value is -0.230. The summed E-state index contributed by atoms with van der Waals surface area (Å²) in [6.07, 6.45) is 0. The molecule has 1 aromatic heterocycles. The lowest BCUT2D eigenvalue weighted by atomic mass is 10.4. The van der Waals surface area contributed by atoms with Crippen LogP contribution in [0, 0.1) is 0 Å². The third-order valence-corrected chi connectivity index (χ3v) is 2.09. The zero-order valence-corrected chi connectivity index (χ0v) is 7.45. The van der Waals surface area contributed by atoms with Gasteiger partial charge in [-0.1, -0.05) is 11.6 Å². The maximum Gasteiger partial charge on any atom is 0.167 e. The van der Waals surface area contributed by atoms with Gasteiger partial charge in [-0.2, -0.15) is 8.75 Å². The Morgan fingerprint density at radius 1 is 1.55 bits per heavy atom. The predicted octanol–water partition coefficient (Wildman–Crippen LogP) is 0.240. The minimum absolute atomic E-state index is 0.486. The van der Waals surface area contributed by atoms with Crippen molar-refractivity contribution in [3.63, 3.8) is 0 Å². The van der Waals surface area contributed by atoms with Crippen LogP contribution in [-0.4, -0.2) is 21.8 Å². The average molecular weight is 193 g/mol. The maximum absolute atomic E-state index is 5.68. The highest BCUT2D eigenvalue weighted by atomic mass is 35.5. The molecule has 0 aliphatic heterocycles. The summed E-state index contributed by atoms with van der Waals surface area (Å²) in [7, 11) is 0. The Balaban J connectivity index is 2.32. The topological polar surface area (TPSA) is 63.8 Å². The zero-order chi connectivity index (χ0) is 8.10. The smallest absolute Gasteiger partial charge is 0.167 e. The second-order valence-corrected chi connectivity index (χ2v) is 2.85. The van der Waals surface area contributed by atoms with Gasteiger partial charge >= 0.3 is 0 Å². The Kier molecular flexibility index (Phi) is 3.71. The third kappa shape index (κ3) is 2.70. The summed E-state index contributed by atoms with van der Waals surface area (Å²) in [6.45, 7) is 2.04. The zero-order valence-electron chi connectivity index (χ0n) is 5.88. The van der Waals surface area contributed by atoms with Crippen LogP contribution < -0.4 is 11.1 Å². The summed E-state index contributed by atoms with van der Waals surface area (Å²) in [5, 5.41) is 3.56. The second-order valence-electron chi connectivity index (χ2n) is 1.97. The molecule has 0 radical (unpaired) electrons. The molecule has 0 unspecified atom stereocenters. The van der Waals surface area contributed by atoms with Gasteiger partial charge in [0.05, 0.1) is 11.7 Å². The van der Waals surface area contributed by atoms with Crippen LogP contribution in [0.4, 0.5) is 0 Å². The van der Waals surface area contributed by atoms with Crippen LogP contribution in [0.2, 0.25) is 5.15 Å². The first-order valence-electron chi connectivity index (χ1n) is 3.22. The third-order valence-electron chi connectivity index (χ3n) is 1.12. The van der Waals surface area contributed by atoms with Gasteiger partial charge in [-0.25, -0.2) is 0 Å². The van der Waals surface area contributed by atoms with Crippen molar-refractivity contribution in [3.8, 4) is 0 Å². The van der Waals surface area contributed by atoms with Crippen LogP contribution in [-0.2, 0) is 6.54 Å². The molecule has 4 nitrogen and oxygen atoms in total. The Labute approximate surface area is 74.1 Å². The molecule has 0 bridgehead atoms. The standard InChI is InChI=1S/C5H9ClN4S/c6-5-4(9-11-10-5)3-8-2-1-7/h8H,1-3,7H2. The van der Waals surface area contributed by atoms with E-state index in [4.69, 9.17) is 17.3 Å². The average Bonchev–Trinajstić information content (AvgIpc) is 2.37. The van der Waals surface area contributed by atoms with E-state index in [1.807, 2.05) is 0 Å². The molecule has 1 heterocycles. The monoisotopic (exact) mass is 192 g/mol. The van der Waals surface area contributed by atoms with Crippen LogP contribution in [0.15, 0.2) is 0 Å². The molecule has 1 rings (SSSR count). The van der Waals surface area contributed by atoms with Crippen molar-refractivity contribution < 1.29 is 0 Å². The van der Waals surface area contributed by atoms with E-state index >= 15 is 0 Å². The van der Waals surface area contributed by atoms with Gasteiger partial charge in [0.1, 0.15) is 5.69 Å². The molecule has 0 aromatic carbocycles. The quantitative estimate of drug-likeness (QED) is 0.671. The second kappa shape index (κ2) is 4.61. The van der Waals surface area contributed by atoms with Crippen molar-refractivity contribution in [1.29, 1.82) is 0 Å². The minimum Gasteiger partial charge on any atom is -0.329 e. The van der Waals surface area contributed by atoms with E-state index in [-0.39, 0.29) is 0 Å². The molecule has 0 amide bonds. The minimum atomic E-state index is 0.486. The SMILES string of the molecule is NCCNCc1nsnc1Cl. The van der Waals surface area contributed by atoms with Crippen LogP contribution in [0.25, 0.3) is 0 Å². The molecule has 0 fully saturated rings. The molecule has 62 valence electrons. The molecule has 0 aliphatic carbocycles. The molecule has 0 saturated heterocycles. The van der Waals surface area contributed by atoms with Gasteiger partial charge in [0.25, 0.3) is 0 Å². The molecular weight excluding hydrogens is 184 g/mol. The first-order chi connectivity index (χ1) is 5.34. The number of rotatable bonds is 4. The summed E-state index contributed by atoms with van der Waals surface area (Å²) >= 11 is 6.81. The van der Waals surface area contributed by atoms with E-state index < -0.39 is 0 Å². The number of halogens is 1. The summed E-state index contributed by atoms with van der Waals surface area (Å²) in [4.78, 5) is 0. The number of hydrogen-bond donors (Lipinski definition) is 2. The summed E-state index contributed by atoms with van der Waals surface area (Å²) < 4.78 is 7.80. The molecule has 3 N–H and O–H groups in total. The Bertz CT molecular complexity index is 214. The van der Waals surface area contributed by atoms with Gasteiger partial charge in [0, 0.05) is 19.6 Å². The lowest BCUT2D eigenvalue weighted by Crippen LogP contribution is -2.22. The largest absolute Gasteiger partial charge is 0.329 e. The van der Waals surface area contributed by atoms with E-state index in [1.54, 1.807) is 0 Å².